The Kier molecular flexibility index (Phi) is 7.81. The normalized spacial score (nSPS) is 14.5. The van der Waals surface area contributed by atoms with Gasteiger partial charge in [0, 0.05) is 36.2 Å². The largest absolute Gasteiger partial charge is 0.497 e. The number of nitrogens with zero attached hydrogens (tertiary/aromatic N) is 3. The smallest absolute Gasteiger partial charge is 0.416 e. The molecule has 1 aromatic heterocycles. The Bertz CT molecular complexity index is 1150. The second-order valence-corrected chi connectivity index (χ2v) is 8.73. The maximum Gasteiger partial charge on any atom is 0.416 e. The number of hydrogen-bond donors (Lipinski definition) is 0. The molecule has 0 unspecified atom stereocenters. The summed E-state index contributed by atoms with van der Waals surface area (Å²) >= 11 is 0. The SMILES string of the molecule is COc1cc(OC)cc(-c2noc(CCN(C(=O)c3ccc(C(F)(F)F)cc3)C3CCCCC3)n2)c1. The predicted octanol–water partition coefficient (Wildman–Crippen LogP) is 5.79. The number of aromatic nitrogens is 2. The molecule has 1 amide bonds. The summed E-state index contributed by atoms with van der Waals surface area (Å²) in [6.07, 6.45) is 0.684. The van der Waals surface area contributed by atoms with Crippen molar-refractivity contribution < 1.29 is 32.0 Å². The quantitative estimate of drug-likeness (QED) is 0.387. The molecule has 0 spiro atoms. The Morgan fingerprint density at radius 1 is 1.03 bits per heavy atom. The van der Waals surface area contributed by atoms with Gasteiger partial charge in [-0.25, -0.2) is 0 Å². The van der Waals surface area contributed by atoms with Crippen LogP contribution in [-0.2, 0) is 12.6 Å². The van der Waals surface area contributed by atoms with E-state index in [1.165, 1.54) is 12.1 Å². The number of benzene rings is 2. The highest BCUT2D eigenvalue weighted by molar-refractivity contribution is 5.94. The minimum Gasteiger partial charge on any atom is -0.497 e. The molecule has 1 fully saturated rings. The lowest BCUT2D eigenvalue weighted by Crippen LogP contribution is -2.42. The fourth-order valence-electron chi connectivity index (χ4n) is 4.44. The molecule has 0 atom stereocenters. The van der Waals surface area contributed by atoms with Crippen LogP contribution in [0.4, 0.5) is 13.2 Å². The van der Waals surface area contributed by atoms with Gasteiger partial charge in [-0.15, -0.1) is 0 Å². The molecule has 0 saturated heterocycles. The molecule has 1 aliphatic carbocycles. The molecular formula is C26H28F3N3O4. The molecule has 2 aromatic carbocycles. The summed E-state index contributed by atoms with van der Waals surface area (Å²) in [7, 11) is 3.10. The van der Waals surface area contributed by atoms with Crippen LogP contribution in [0.15, 0.2) is 47.0 Å². The van der Waals surface area contributed by atoms with Crippen molar-refractivity contribution in [3.05, 3.63) is 59.5 Å². The molecule has 0 radical (unpaired) electrons. The van der Waals surface area contributed by atoms with Crippen molar-refractivity contribution in [2.75, 3.05) is 20.8 Å². The molecule has 7 nitrogen and oxygen atoms in total. The molecule has 0 N–H and O–H groups in total. The first kappa shape index (κ1) is 25.5. The predicted molar refractivity (Wildman–Crippen MR) is 126 cm³/mol. The number of hydrogen-bond acceptors (Lipinski definition) is 6. The molecule has 1 saturated carbocycles. The third-order valence-corrected chi connectivity index (χ3v) is 6.38. The molecule has 1 aliphatic rings. The first-order chi connectivity index (χ1) is 17.3. The summed E-state index contributed by atoms with van der Waals surface area (Å²) < 4.78 is 54.9. The van der Waals surface area contributed by atoms with Gasteiger partial charge < -0.3 is 18.9 Å². The second-order valence-electron chi connectivity index (χ2n) is 8.73. The van der Waals surface area contributed by atoms with Crippen molar-refractivity contribution in [1.29, 1.82) is 0 Å². The minimum atomic E-state index is -4.45. The minimum absolute atomic E-state index is 0.0126. The Hall–Kier alpha value is -3.56. The molecule has 10 heteroatoms. The van der Waals surface area contributed by atoms with Crippen LogP contribution in [0.25, 0.3) is 11.4 Å². The molecule has 36 heavy (non-hydrogen) atoms. The van der Waals surface area contributed by atoms with Gasteiger partial charge in [-0.1, -0.05) is 24.4 Å². The fourth-order valence-corrected chi connectivity index (χ4v) is 4.44. The molecule has 1 heterocycles. The van der Waals surface area contributed by atoms with E-state index in [4.69, 9.17) is 14.0 Å². The van der Waals surface area contributed by atoms with Crippen LogP contribution in [0, 0.1) is 0 Å². The van der Waals surface area contributed by atoms with Crippen LogP contribution in [0.3, 0.4) is 0 Å². The van der Waals surface area contributed by atoms with Crippen molar-refractivity contribution in [2.45, 2.75) is 50.7 Å². The Labute approximate surface area is 207 Å². The molecule has 3 aromatic rings. The maximum absolute atomic E-state index is 13.3. The van der Waals surface area contributed by atoms with Crippen LogP contribution in [0.5, 0.6) is 11.5 Å². The Morgan fingerprint density at radius 3 is 2.25 bits per heavy atom. The number of carbonyl (C=O) groups excluding carboxylic acids is 1. The van der Waals surface area contributed by atoms with E-state index in [9.17, 15) is 18.0 Å². The molecule has 0 bridgehead atoms. The third kappa shape index (κ3) is 5.98. The van der Waals surface area contributed by atoms with E-state index in [1.54, 1.807) is 37.3 Å². The van der Waals surface area contributed by atoms with E-state index in [0.29, 0.717) is 41.7 Å². The van der Waals surface area contributed by atoms with Gasteiger partial charge in [-0.3, -0.25) is 4.79 Å². The van der Waals surface area contributed by atoms with Gasteiger partial charge in [-0.2, -0.15) is 18.2 Å². The summed E-state index contributed by atoms with van der Waals surface area (Å²) in [6.45, 7) is 0.313. The summed E-state index contributed by atoms with van der Waals surface area (Å²) in [4.78, 5) is 19.5. The average Bonchev–Trinajstić information content (AvgIpc) is 3.37. The first-order valence-corrected chi connectivity index (χ1v) is 11.8. The van der Waals surface area contributed by atoms with Crippen LogP contribution in [0.1, 0.15) is 53.9 Å². The summed E-state index contributed by atoms with van der Waals surface area (Å²) in [5, 5.41) is 4.06. The standard InChI is InChI=1S/C26H28F3N3O4/c1-34-21-14-18(15-22(16-21)35-2)24-30-23(36-31-24)12-13-32(20-6-4-3-5-7-20)25(33)17-8-10-19(11-9-17)26(27,28)29/h8-11,14-16,20H,3-7,12-13H2,1-2H3. The van der Waals surface area contributed by atoms with Crippen molar-refractivity contribution in [3.63, 3.8) is 0 Å². The van der Waals surface area contributed by atoms with Crippen molar-refractivity contribution >= 4 is 5.91 Å². The summed E-state index contributed by atoms with van der Waals surface area (Å²) in [5.74, 6) is 1.59. The Morgan fingerprint density at radius 2 is 1.67 bits per heavy atom. The average molecular weight is 504 g/mol. The number of rotatable bonds is 8. The van der Waals surface area contributed by atoms with Crippen molar-refractivity contribution in [3.8, 4) is 22.9 Å². The highest BCUT2D eigenvalue weighted by atomic mass is 19.4. The van der Waals surface area contributed by atoms with Gasteiger partial charge in [0.05, 0.1) is 19.8 Å². The lowest BCUT2D eigenvalue weighted by atomic mass is 9.93. The van der Waals surface area contributed by atoms with Gasteiger partial charge in [0.2, 0.25) is 11.7 Å². The fraction of sp³-hybridized carbons (Fsp3) is 0.423. The highest BCUT2D eigenvalue weighted by Gasteiger charge is 2.31. The van der Waals surface area contributed by atoms with Crippen molar-refractivity contribution in [1.82, 2.24) is 15.0 Å². The maximum atomic E-state index is 13.3. The molecule has 4 rings (SSSR count). The number of methoxy groups -OCH3 is 2. The lowest BCUT2D eigenvalue weighted by molar-refractivity contribution is -0.137. The zero-order valence-corrected chi connectivity index (χ0v) is 20.2. The summed E-state index contributed by atoms with van der Waals surface area (Å²) in [6, 6.07) is 9.64. The highest BCUT2D eigenvalue weighted by Crippen LogP contribution is 2.31. The monoisotopic (exact) mass is 503 g/mol. The molecule has 0 aliphatic heterocycles. The van der Waals surface area contributed by atoms with Crippen LogP contribution in [0.2, 0.25) is 0 Å². The van der Waals surface area contributed by atoms with E-state index < -0.39 is 11.7 Å². The number of ether oxygens (including phenoxy) is 2. The second kappa shape index (κ2) is 11.0. The number of alkyl halides is 3. The Balaban J connectivity index is 1.51. The third-order valence-electron chi connectivity index (χ3n) is 6.38. The summed E-state index contributed by atoms with van der Waals surface area (Å²) in [5.41, 5.74) is 0.102. The van der Waals surface area contributed by atoms with Crippen molar-refractivity contribution in [2.24, 2.45) is 0 Å². The zero-order chi connectivity index (χ0) is 25.7. The van der Waals surface area contributed by atoms with Crippen LogP contribution >= 0.6 is 0 Å². The number of amides is 1. The van der Waals surface area contributed by atoms with Gasteiger partial charge in [-0.05, 0) is 49.2 Å². The van der Waals surface area contributed by atoms with Crippen LogP contribution in [-0.4, -0.2) is 47.8 Å². The molecular weight excluding hydrogens is 475 g/mol. The first-order valence-electron chi connectivity index (χ1n) is 11.8. The van der Waals surface area contributed by atoms with E-state index in [0.717, 1.165) is 44.2 Å². The van der Waals surface area contributed by atoms with E-state index in [1.807, 2.05) is 0 Å². The van der Waals surface area contributed by atoms with Gasteiger partial charge in [0.25, 0.3) is 5.91 Å². The van der Waals surface area contributed by atoms with E-state index in [2.05, 4.69) is 10.1 Å². The molecule has 192 valence electrons. The van der Waals surface area contributed by atoms with E-state index in [-0.39, 0.29) is 17.5 Å². The van der Waals surface area contributed by atoms with Gasteiger partial charge in [0.1, 0.15) is 11.5 Å². The topological polar surface area (TPSA) is 77.7 Å². The number of carbonyl (C=O) groups is 1. The van der Waals surface area contributed by atoms with E-state index >= 15 is 0 Å². The van der Waals surface area contributed by atoms with Gasteiger partial charge in [0.15, 0.2) is 0 Å². The lowest BCUT2D eigenvalue weighted by Gasteiger charge is -2.34. The zero-order valence-electron chi connectivity index (χ0n) is 20.2. The van der Waals surface area contributed by atoms with Gasteiger partial charge >= 0.3 is 6.18 Å². The van der Waals surface area contributed by atoms with Crippen LogP contribution < -0.4 is 9.47 Å². The number of halogens is 3.